The summed E-state index contributed by atoms with van der Waals surface area (Å²) in [5.41, 5.74) is 4.53. The lowest BCUT2D eigenvalue weighted by atomic mass is 9.93. The number of thiazole rings is 1. The lowest BCUT2D eigenvalue weighted by molar-refractivity contribution is -0.139. The number of carbonyl (C=O) groups is 1. The topological polar surface area (TPSA) is 79.1 Å². The van der Waals surface area contributed by atoms with Gasteiger partial charge in [-0.2, -0.15) is 0 Å². The molecule has 1 aromatic heterocycles. The van der Waals surface area contributed by atoms with Crippen LogP contribution in [0.3, 0.4) is 0 Å². The molecule has 0 saturated heterocycles. The van der Waals surface area contributed by atoms with Crippen LogP contribution in [0.4, 0.5) is 0 Å². The molecule has 5 rings (SSSR count). The summed E-state index contributed by atoms with van der Waals surface area (Å²) in [5.74, 6) is 1.10. The van der Waals surface area contributed by atoms with Gasteiger partial charge in [-0.05, 0) is 118 Å². The van der Waals surface area contributed by atoms with Crippen LogP contribution in [0.5, 0.6) is 11.5 Å². The van der Waals surface area contributed by atoms with Crippen molar-refractivity contribution in [3.63, 3.8) is 0 Å². The molecule has 0 radical (unpaired) electrons. The number of methoxy groups -OCH3 is 1. The maximum absolute atomic E-state index is 14.0. The first-order valence-corrected chi connectivity index (χ1v) is 17.1. The molecule has 4 aromatic rings. The van der Waals surface area contributed by atoms with Crippen molar-refractivity contribution in [2.45, 2.75) is 46.3 Å². The van der Waals surface area contributed by atoms with Crippen LogP contribution in [-0.4, -0.2) is 24.3 Å². The number of carbonyl (C=O) groups excluding carboxylic acids is 1. The lowest BCUT2D eigenvalue weighted by Crippen LogP contribution is -2.39. The van der Waals surface area contributed by atoms with Crippen LogP contribution < -0.4 is 24.4 Å². The SMILES string of the molecule is CCOC(=O)C1=C(C)N=c2s/c(=C/c3cc(I)c(OCc4ccc(I)cc4)c(OC)c3)c(=O)n2[C@H]1c1ccc(C(C)C)cc1. The molecule has 228 valence electrons. The first kappa shape index (κ1) is 32.4. The van der Waals surface area contributed by atoms with E-state index < -0.39 is 12.0 Å². The molecular formula is C34H32I2N2O5S. The Bertz CT molecular complexity index is 1910. The summed E-state index contributed by atoms with van der Waals surface area (Å²) in [4.78, 5) is 32.5. The monoisotopic (exact) mass is 834 g/mol. The summed E-state index contributed by atoms with van der Waals surface area (Å²) in [5, 5.41) is 0. The van der Waals surface area contributed by atoms with Crippen LogP contribution in [0.1, 0.15) is 61.9 Å². The van der Waals surface area contributed by atoms with Gasteiger partial charge in [0.25, 0.3) is 5.56 Å². The zero-order valence-corrected chi connectivity index (χ0v) is 30.2. The fourth-order valence-corrected chi connectivity index (χ4v) is 7.21. The van der Waals surface area contributed by atoms with Crippen molar-refractivity contribution >= 4 is 68.6 Å². The van der Waals surface area contributed by atoms with Crippen molar-refractivity contribution in [1.82, 2.24) is 4.57 Å². The van der Waals surface area contributed by atoms with Crippen LogP contribution in [0.15, 0.2) is 81.7 Å². The fourth-order valence-electron chi connectivity index (χ4n) is 5.02. The zero-order valence-electron chi connectivity index (χ0n) is 25.0. The highest BCUT2D eigenvalue weighted by molar-refractivity contribution is 14.1. The van der Waals surface area contributed by atoms with E-state index in [2.05, 4.69) is 59.0 Å². The number of hydrogen-bond acceptors (Lipinski definition) is 7. The van der Waals surface area contributed by atoms with Gasteiger partial charge in [-0.3, -0.25) is 9.36 Å². The van der Waals surface area contributed by atoms with E-state index in [9.17, 15) is 9.59 Å². The van der Waals surface area contributed by atoms with E-state index in [4.69, 9.17) is 19.2 Å². The highest BCUT2D eigenvalue weighted by Crippen LogP contribution is 2.35. The van der Waals surface area contributed by atoms with Crippen LogP contribution in [0.25, 0.3) is 6.08 Å². The third-order valence-electron chi connectivity index (χ3n) is 7.28. The molecule has 1 aliphatic heterocycles. The smallest absolute Gasteiger partial charge is 0.338 e. The minimum atomic E-state index is -0.652. The number of fused-ring (bicyclic) bond motifs is 1. The molecule has 1 atom stereocenters. The second-order valence-electron chi connectivity index (χ2n) is 10.6. The first-order valence-electron chi connectivity index (χ1n) is 14.2. The van der Waals surface area contributed by atoms with Crippen LogP contribution in [0.2, 0.25) is 0 Å². The Morgan fingerprint density at radius 3 is 2.43 bits per heavy atom. The summed E-state index contributed by atoms with van der Waals surface area (Å²) in [7, 11) is 1.60. The van der Waals surface area contributed by atoms with Gasteiger partial charge >= 0.3 is 5.97 Å². The Morgan fingerprint density at radius 2 is 1.80 bits per heavy atom. The highest BCUT2D eigenvalue weighted by atomic mass is 127. The van der Waals surface area contributed by atoms with Crippen molar-refractivity contribution in [3.8, 4) is 11.5 Å². The number of rotatable bonds is 9. The average molecular weight is 835 g/mol. The van der Waals surface area contributed by atoms with Crippen molar-refractivity contribution < 1.29 is 19.0 Å². The molecule has 44 heavy (non-hydrogen) atoms. The maximum Gasteiger partial charge on any atom is 0.338 e. The second kappa shape index (κ2) is 14.0. The first-order chi connectivity index (χ1) is 21.1. The fraction of sp³-hybridized carbons (Fsp3) is 0.265. The Hall–Kier alpha value is -2.97. The molecular weight excluding hydrogens is 802 g/mol. The molecule has 0 spiro atoms. The van der Waals surface area contributed by atoms with Gasteiger partial charge in [-0.1, -0.05) is 61.6 Å². The third-order valence-corrected chi connectivity index (χ3v) is 9.79. The van der Waals surface area contributed by atoms with Gasteiger partial charge in [0, 0.05) is 3.57 Å². The number of halogens is 2. The molecule has 2 heterocycles. The summed E-state index contributed by atoms with van der Waals surface area (Å²) in [6.45, 7) is 8.45. The van der Waals surface area contributed by atoms with Gasteiger partial charge < -0.3 is 14.2 Å². The summed E-state index contributed by atoms with van der Waals surface area (Å²) in [6.07, 6.45) is 1.83. The molecule has 0 amide bonds. The lowest BCUT2D eigenvalue weighted by Gasteiger charge is -2.25. The van der Waals surface area contributed by atoms with E-state index >= 15 is 0 Å². The minimum absolute atomic E-state index is 0.226. The molecule has 3 aromatic carbocycles. The molecule has 0 aliphatic carbocycles. The molecule has 1 aliphatic rings. The van der Waals surface area contributed by atoms with Gasteiger partial charge in [0.05, 0.1) is 39.1 Å². The van der Waals surface area contributed by atoms with Crippen molar-refractivity contribution in [2.75, 3.05) is 13.7 Å². The number of aromatic nitrogens is 1. The number of allylic oxidation sites excluding steroid dienone is 1. The summed E-state index contributed by atoms with van der Waals surface area (Å²) >= 11 is 5.80. The predicted octanol–water partition coefficient (Wildman–Crippen LogP) is 6.72. The van der Waals surface area contributed by atoms with Crippen molar-refractivity contribution in [2.24, 2.45) is 4.99 Å². The molecule has 10 heteroatoms. The van der Waals surface area contributed by atoms with Gasteiger partial charge in [0.15, 0.2) is 16.3 Å². The number of esters is 1. The van der Waals surface area contributed by atoms with E-state index in [1.807, 2.05) is 66.7 Å². The van der Waals surface area contributed by atoms with E-state index in [0.717, 1.165) is 23.8 Å². The summed E-state index contributed by atoms with van der Waals surface area (Å²) < 4.78 is 21.4. The highest BCUT2D eigenvalue weighted by Gasteiger charge is 2.33. The standard InChI is InChI=1S/C34H32I2N2O5S/c1-6-42-33(40)29-20(4)37-34-38(30(29)24-11-9-23(10-12-24)19(2)3)32(39)28(44-34)17-22-15-26(36)31(27(16-22)41-5)43-18-21-7-13-25(35)14-8-21/h7-17,19,30H,6,18H2,1-5H3/b28-17+/t30-/m0/s1. The second-order valence-corrected chi connectivity index (χ2v) is 14.0. The average Bonchev–Trinajstić information content (AvgIpc) is 3.30. The van der Waals surface area contributed by atoms with E-state index in [1.54, 1.807) is 25.5 Å². The van der Waals surface area contributed by atoms with E-state index in [0.29, 0.717) is 44.6 Å². The number of benzene rings is 3. The molecule has 0 bridgehead atoms. The van der Waals surface area contributed by atoms with Crippen LogP contribution >= 0.6 is 56.5 Å². The zero-order chi connectivity index (χ0) is 31.5. The van der Waals surface area contributed by atoms with Crippen molar-refractivity contribution in [3.05, 3.63) is 121 Å². The molecule has 0 fully saturated rings. The van der Waals surface area contributed by atoms with E-state index in [-0.39, 0.29) is 12.2 Å². The van der Waals surface area contributed by atoms with Gasteiger partial charge in [0.2, 0.25) is 0 Å². The van der Waals surface area contributed by atoms with Crippen molar-refractivity contribution in [1.29, 1.82) is 0 Å². The largest absolute Gasteiger partial charge is 0.493 e. The van der Waals surface area contributed by atoms with Crippen LogP contribution in [-0.2, 0) is 16.1 Å². The normalized spacial score (nSPS) is 14.8. The molecule has 7 nitrogen and oxygen atoms in total. The third kappa shape index (κ3) is 6.81. The molecule has 0 unspecified atom stereocenters. The predicted molar refractivity (Wildman–Crippen MR) is 190 cm³/mol. The van der Waals surface area contributed by atoms with Gasteiger partial charge in [-0.25, -0.2) is 9.79 Å². The quantitative estimate of drug-likeness (QED) is 0.138. The number of hydrogen-bond donors (Lipinski definition) is 0. The Kier molecular flexibility index (Phi) is 10.3. The van der Waals surface area contributed by atoms with E-state index in [1.165, 1.54) is 16.9 Å². The minimum Gasteiger partial charge on any atom is -0.493 e. The van der Waals surface area contributed by atoms with Gasteiger partial charge in [-0.15, -0.1) is 0 Å². The van der Waals surface area contributed by atoms with Crippen LogP contribution in [0, 0.1) is 7.14 Å². The summed E-state index contributed by atoms with van der Waals surface area (Å²) in [6, 6.07) is 19.4. The maximum atomic E-state index is 14.0. The number of nitrogens with zero attached hydrogens (tertiary/aromatic N) is 2. The Labute approximate surface area is 287 Å². The number of ether oxygens (including phenoxy) is 3. The van der Waals surface area contributed by atoms with Gasteiger partial charge in [0.1, 0.15) is 6.61 Å². The molecule has 0 N–H and O–H groups in total. The Morgan fingerprint density at radius 1 is 1.09 bits per heavy atom. The Balaban J connectivity index is 1.57. The molecule has 0 saturated carbocycles.